The second-order valence-electron chi connectivity index (χ2n) is 7.09. The van der Waals surface area contributed by atoms with Gasteiger partial charge in [0.25, 0.3) is 5.91 Å². The molecular weight excluding hydrogens is 288 g/mol. The lowest BCUT2D eigenvalue weighted by Gasteiger charge is -2.19. The van der Waals surface area contributed by atoms with Crippen LogP contribution in [-0.4, -0.2) is 24.4 Å². The van der Waals surface area contributed by atoms with Crippen molar-refractivity contribution >= 4 is 11.8 Å². The highest BCUT2D eigenvalue weighted by Crippen LogP contribution is 2.22. The Kier molecular flexibility index (Phi) is 7.27. The molecule has 4 nitrogen and oxygen atoms in total. The van der Waals surface area contributed by atoms with Crippen molar-refractivity contribution in [2.24, 2.45) is 0 Å². The van der Waals surface area contributed by atoms with Crippen molar-refractivity contribution in [3.8, 4) is 0 Å². The summed E-state index contributed by atoms with van der Waals surface area (Å²) in [5, 5.41) is 5.72. The Balaban J connectivity index is 2.41. The molecule has 0 aliphatic rings. The van der Waals surface area contributed by atoms with Crippen LogP contribution in [0.25, 0.3) is 0 Å². The van der Waals surface area contributed by atoms with Gasteiger partial charge in [-0.25, -0.2) is 0 Å². The number of carbonyl (C=O) groups excluding carboxylic acids is 2. The van der Waals surface area contributed by atoms with E-state index < -0.39 is 0 Å². The van der Waals surface area contributed by atoms with Crippen molar-refractivity contribution in [1.82, 2.24) is 10.6 Å². The second kappa shape index (κ2) is 8.70. The summed E-state index contributed by atoms with van der Waals surface area (Å²) in [6, 6.07) is 7.81. The molecular formula is C19H30N2O2. The number of amides is 2. The highest BCUT2D eigenvalue weighted by atomic mass is 16.2. The predicted octanol–water partition coefficient (Wildman–Crippen LogP) is 3.41. The average molecular weight is 318 g/mol. The standard InChI is InChI=1S/C19H30N2O2/c1-6-7-14(2)21-17(22)12-13-20-18(23)15-8-10-16(11-9-15)19(3,4)5/h8-11,14H,6-7,12-13H2,1-5H3,(H,20,23)(H,21,22). The minimum Gasteiger partial charge on any atom is -0.354 e. The van der Waals surface area contributed by atoms with E-state index >= 15 is 0 Å². The lowest BCUT2D eigenvalue weighted by Crippen LogP contribution is -2.35. The molecule has 2 amide bonds. The van der Waals surface area contributed by atoms with E-state index in [0.29, 0.717) is 18.5 Å². The summed E-state index contributed by atoms with van der Waals surface area (Å²) >= 11 is 0. The lowest BCUT2D eigenvalue weighted by molar-refractivity contribution is -0.121. The van der Waals surface area contributed by atoms with Gasteiger partial charge in [0.1, 0.15) is 0 Å². The van der Waals surface area contributed by atoms with Crippen LogP contribution < -0.4 is 10.6 Å². The molecule has 0 aliphatic heterocycles. The first-order valence-corrected chi connectivity index (χ1v) is 8.42. The Labute approximate surface area is 140 Å². The van der Waals surface area contributed by atoms with Crippen LogP contribution in [0, 0.1) is 0 Å². The van der Waals surface area contributed by atoms with Gasteiger partial charge in [-0.3, -0.25) is 9.59 Å². The molecule has 1 rings (SSSR count). The van der Waals surface area contributed by atoms with Crippen LogP contribution in [0.15, 0.2) is 24.3 Å². The molecule has 0 heterocycles. The van der Waals surface area contributed by atoms with Gasteiger partial charge in [0.2, 0.25) is 5.91 Å². The Morgan fingerprint density at radius 1 is 1.13 bits per heavy atom. The zero-order chi connectivity index (χ0) is 17.5. The van der Waals surface area contributed by atoms with Crippen LogP contribution in [-0.2, 0) is 10.2 Å². The van der Waals surface area contributed by atoms with Crippen molar-refractivity contribution in [2.45, 2.75) is 65.3 Å². The first-order valence-electron chi connectivity index (χ1n) is 8.42. The Morgan fingerprint density at radius 3 is 2.26 bits per heavy atom. The van der Waals surface area contributed by atoms with Gasteiger partial charge in [-0.05, 0) is 36.5 Å². The summed E-state index contributed by atoms with van der Waals surface area (Å²) in [7, 11) is 0. The zero-order valence-corrected chi connectivity index (χ0v) is 15.0. The number of nitrogens with one attached hydrogen (secondary N) is 2. The van der Waals surface area contributed by atoms with Crippen molar-refractivity contribution in [2.75, 3.05) is 6.54 Å². The van der Waals surface area contributed by atoms with Crippen LogP contribution in [0.3, 0.4) is 0 Å². The Bertz CT molecular complexity index is 515. The maximum Gasteiger partial charge on any atom is 0.251 e. The van der Waals surface area contributed by atoms with E-state index in [2.05, 4.69) is 38.3 Å². The number of hydrogen-bond donors (Lipinski definition) is 2. The van der Waals surface area contributed by atoms with Crippen LogP contribution in [0.5, 0.6) is 0 Å². The Hall–Kier alpha value is -1.84. The molecule has 0 aliphatic carbocycles. The fraction of sp³-hybridized carbons (Fsp3) is 0.579. The minimum absolute atomic E-state index is 0.0191. The molecule has 0 aromatic heterocycles. The zero-order valence-electron chi connectivity index (χ0n) is 15.0. The quantitative estimate of drug-likeness (QED) is 0.809. The number of hydrogen-bond acceptors (Lipinski definition) is 2. The van der Waals surface area contributed by atoms with Crippen molar-refractivity contribution in [1.29, 1.82) is 0 Å². The molecule has 23 heavy (non-hydrogen) atoms. The van der Waals surface area contributed by atoms with E-state index in [0.717, 1.165) is 12.8 Å². The molecule has 0 bridgehead atoms. The summed E-state index contributed by atoms with van der Waals surface area (Å²) in [6.45, 7) is 10.9. The average Bonchev–Trinajstić information content (AvgIpc) is 2.46. The monoisotopic (exact) mass is 318 g/mol. The van der Waals surface area contributed by atoms with Gasteiger partial charge in [-0.2, -0.15) is 0 Å². The maximum atomic E-state index is 12.1. The molecule has 128 valence electrons. The molecule has 2 N–H and O–H groups in total. The molecule has 0 saturated heterocycles. The van der Waals surface area contributed by atoms with E-state index in [1.165, 1.54) is 5.56 Å². The largest absolute Gasteiger partial charge is 0.354 e. The van der Waals surface area contributed by atoms with E-state index in [4.69, 9.17) is 0 Å². The first kappa shape index (κ1) is 19.2. The van der Waals surface area contributed by atoms with E-state index in [1.807, 2.05) is 31.2 Å². The van der Waals surface area contributed by atoms with Crippen molar-refractivity contribution < 1.29 is 9.59 Å². The third kappa shape index (κ3) is 6.85. The molecule has 1 unspecified atom stereocenters. The van der Waals surface area contributed by atoms with Crippen LogP contribution in [0.4, 0.5) is 0 Å². The first-order chi connectivity index (χ1) is 10.7. The summed E-state index contributed by atoms with van der Waals surface area (Å²) in [5.74, 6) is -0.158. The van der Waals surface area contributed by atoms with Gasteiger partial charge in [-0.1, -0.05) is 46.2 Å². The van der Waals surface area contributed by atoms with Crippen molar-refractivity contribution in [3.05, 3.63) is 35.4 Å². The summed E-state index contributed by atoms with van der Waals surface area (Å²) < 4.78 is 0. The predicted molar refractivity (Wildman–Crippen MR) is 94.6 cm³/mol. The van der Waals surface area contributed by atoms with Gasteiger partial charge < -0.3 is 10.6 Å². The van der Waals surface area contributed by atoms with Gasteiger partial charge >= 0.3 is 0 Å². The van der Waals surface area contributed by atoms with Gasteiger partial charge in [0, 0.05) is 24.6 Å². The van der Waals surface area contributed by atoms with Crippen molar-refractivity contribution in [3.63, 3.8) is 0 Å². The molecule has 1 atom stereocenters. The van der Waals surface area contributed by atoms with Gasteiger partial charge in [-0.15, -0.1) is 0 Å². The Morgan fingerprint density at radius 2 is 1.74 bits per heavy atom. The van der Waals surface area contributed by atoms with Gasteiger partial charge in [0.05, 0.1) is 0 Å². The fourth-order valence-electron chi connectivity index (χ4n) is 2.37. The molecule has 0 radical (unpaired) electrons. The summed E-state index contributed by atoms with van der Waals surface area (Å²) in [4.78, 5) is 23.8. The van der Waals surface area contributed by atoms with E-state index in [1.54, 1.807) is 0 Å². The maximum absolute atomic E-state index is 12.1. The minimum atomic E-state index is -0.139. The third-order valence-electron chi connectivity index (χ3n) is 3.78. The van der Waals surface area contributed by atoms with Gasteiger partial charge in [0.15, 0.2) is 0 Å². The molecule has 1 aromatic rings. The van der Waals surface area contributed by atoms with E-state index in [-0.39, 0.29) is 23.3 Å². The van der Waals surface area contributed by atoms with Crippen LogP contribution in [0.2, 0.25) is 0 Å². The molecule has 0 saturated carbocycles. The third-order valence-corrected chi connectivity index (χ3v) is 3.78. The topological polar surface area (TPSA) is 58.2 Å². The summed E-state index contributed by atoms with van der Waals surface area (Å²) in [6.07, 6.45) is 2.32. The highest BCUT2D eigenvalue weighted by molar-refractivity contribution is 5.94. The van der Waals surface area contributed by atoms with Crippen LogP contribution in [0.1, 0.15) is 69.8 Å². The highest BCUT2D eigenvalue weighted by Gasteiger charge is 2.14. The number of benzene rings is 1. The smallest absolute Gasteiger partial charge is 0.251 e. The normalized spacial score (nSPS) is 12.6. The number of carbonyl (C=O) groups is 2. The molecule has 0 spiro atoms. The number of rotatable bonds is 7. The second-order valence-corrected chi connectivity index (χ2v) is 7.09. The lowest BCUT2D eigenvalue weighted by atomic mass is 9.87. The van der Waals surface area contributed by atoms with E-state index in [9.17, 15) is 9.59 Å². The fourth-order valence-corrected chi connectivity index (χ4v) is 2.37. The SMILES string of the molecule is CCCC(C)NC(=O)CCNC(=O)c1ccc(C(C)(C)C)cc1. The summed E-state index contributed by atoms with van der Waals surface area (Å²) in [5.41, 5.74) is 1.89. The molecule has 4 heteroatoms. The van der Waals surface area contributed by atoms with Crippen LogP contribution >= 0.6 is 0 Å². The molecule has 1 aromatic carbocycles. The molecule has 0 fully saturated rings.